The van der Waals surface area contributed by atoms with Crippen LogP contribution in [0.3, 0.4) is 0 Å². The molecule has 0 spiro atoms. The number of aliphatic hydroxyl groups excluding tert-OH is 1. The summed E-state index contributed by atoms with van der Waals surface area (Å²) < 4.78 is 26.4. The van der Waals surface area contributed by atoms with Crippen LogP contribution in [0.25, 0.3) is 0 Å². The summed E-state index contributed by atoms with van der Waals surface area (Å²) in [7, 11) is 0. The molecule has 0 aliphatic heterocycles. The van der Waals surface area contributed by atoms with Gasteiger partial charge in [0.15, 0.2) is 0 Å². The zero-order valence-corrected chi connectivity index (χ0v) is 10.7. The molecule has 0 saturated carbocycles. The molecule has 0 amide bonds. The highest BCUT2D eigenvalue weighted by molar-refractivity contribution is 5.27. The minimum atomic E-state index is -0.919. The van der Waals surface area contributed by atoms with E-state index in [0.29, 0.717) is 6.42 Å². The lowest BCUT2D eigenvalue weighted by Gasteiger charge is -2.22. The van der Waals surface area contributed by atoms with Gasteiger partial charge in [-0.15, -0.1) is 0 Å². The number of hydrogen-bond donors (Lipinski definition) is 1. The summed E-state index contributed by atoms with van der Waals surface area (Å²) in [5, 5.41) is 10.3. The average molecular weight is 262 g/mol. The second-order valence-corrected chi connectivity index (χ2v) is 4.57. The van der Waals surface area contributed by atoms with Crippen LogP contribution in [0.5, 0.6) is 0 Å². The molecule has 19 heavy (non-hydrogen) atoms. The first-order chi connectivity index (χ1) is 9.11. The highest BCUT2D eigenvalue weighted by atomic mass is 19.1. The van der Waals surface area contributed by atoms with Gasteiger partial charge in [-0.3, -0.25) is 0 Å². The number of aliphatic hydroxyl groups is 1. The maximum Gasteiger partial charge on any atom is 0.126 e. The first-order valence-corrected chi connectivity index (χ1v) is 6.30. The summed E-state index contributed by atoms with van der Waals surface area (Å²) in [6.45, 7) is 1.94. The van der Waals surface area contributed by atoms with Crippen molar-refractivity contribution < 1.29 is 13.9 Å². The van der Waals surface area contributed by atoms with Crippen LogP contribution in [0.4, 0.5) is 8.78 Å². The van der Waals surface area contributed by atoms with Crippen molar-refractivity contribution in [2.45, 2.75) is 25.4 Å². The molecular formula is C16H16F2O. The van der Waals surface area contributed by atoms with Gasteiger partial charge < -0.3 is 5.11 Å². The normalized spacial score (nSPS) is 14.1. The quantitative estimate of drug-likeness (QED) is 0.875. The fourth-order valence-corrected chi connectivity index (χ4v) is 2.32. The molecular weight excluding hydrogens is 246 g/mol. The number of hydrogen-bond acceptors (Lipinski definition) is 1. The Bertz CT molecular complexity index is 519. The summed E-state index contributed by atoms with van der Waals surface area (Å²) in [6.07, 6.45) is -0.235. The maximum atomic E-state index is 13.2. The minimum Gasteiger partial charge on any atom is -0.388 e. The van der Waals surface area contributed by atoms with Crippen molar-refractivity contribution in [3.63, 3.8) is 0 Å². The van der Waals surface area contributed by atoms with Gasteiger partial charge in [-0.25, -0.2) is 8.78 Å². The molecule has 100 valence electrons. The van der Waals surface area contributed by atoms with Crippen LogP contribution >= 0.6 is 0 Å². The van der Waals surface area contributed by atoms with Crippen LogP contribution < -0.4 is 0 Å². The highest BCUT2D eigenvalue weighted by Gasteiger charge is 2.22. The van der Waals surface area contributed by atoms with Crippen molar-refractivity contribution in [1.29, 1.82) is 0 Å². The predicted octanol–water partition coefficient (Wildman–Crippen LogP) is 4.19. The molecule has 1 N–H and O–H groups in total. The molecule has 0 bridgehead atoms. The highest BCUT2D eigenvalue weighted by Crippen LogP contribution is 2.33. The van der Waals surface area contributed by atoms with E-state index in [-0.39, 0.29) is 11.5 Å². The van der Waals surface area contributed by atoms with Crippen LogP contribution in [0.2, 0.25) is 0 Å². The molecule has 2 aromatic rings. The largest absolute Gasteiger partial charge is 0.388 e. The van der Waals surface area contributed by atoms with Crippen LogP contribution in [0.15, 0.2) is 48.5 Å². The predicted molar refractivity (Wildman–Crippen MR) is 70.8 cm³/mol. The molecule has 0 fully saturated rings. The van der Waals surface area contributed by atoms with E-state index in [1.54, 1.807) is 0 Å². The Balaban J connectivity index is 2.33. The molecule has 0 saturated heterocycles. The molecule has 2 aromatic carbocycles. The topological polar surface area (TPSA) is 20.2 Å². The molecule has 0 aliphatic carbocycles. The molecule has 2 unspecified atom stereocenters. The second kappa shape index (κ2) is 5.93. The zero-order chi connectivity index (χ0) is 13.8. The lowest BCUT2D eigenvalue weighted by atomic mass is 9.87. The van der Waals surface area contributed by atoms with Crippen molar-refractivity contribution in [1.82, 2.24) is 0 Å². The van der Waals surface area contributed by atoms with Gasteiger partial charge in [-0.2, -0.15) is 0 Å². The summed E-state index contributed by atoms with van der Waals surface area (Å²) >= 11 is 0. The molecule has 0 radical (unpaired) electrons. The maximum absolute atomic E-state index is 13.2. The third kappa shape index (κ3) is 3.18. The Labute approximate surface area is 111 Å². The average Bonchev–Trinajstić information content (AvgIpc) is 2.39. The van der Waals surface area contributed by atoms with Gasteiger partial charge in [0, 0.05) is 12.0 Å². The van der Waals surface area contributed by atoms with Gasteiger partial charge in [-0.1, -0.05) is 37.3 Å². The van der Waals surface area contributed by atoms with Crippen molar-refractivity contribution in [3.05, 3.63) is 71.3 Å². The Hall–Kier alpha value is -1.74. The standard InChI is InChI=1S/C16H16F2O/c1-2-15(11-6-4-3-5-7-11)16(19)12-8-13(17)10-14(18)9-12/h3-10,15-16,19H,2H2,1H3. The third-order valence-electron chi connectivity index (χ3n) is 3.28. The number of rotatable bonds is 4. The SMILES string of the molecule is CCC(c1ccccc1)C(O)c1cc(F)cc(F)c1. The van der Waals surface area contributed by atoms with E-state index in [1.165, 1.54) is 12.1 Å². The smallest absolute Gasteiger partial charge is 0.126 e. The molecule has 2 rings (SSSR count). The van der Waals surface area contributed by atoms with Gasteiger partial charge in [-0.05, 0) is 29.7 Å². The fraction of sp³-hybridized carbons (Fsp3) is 0.250. The van der Waals surface area contributed by atoms with E-state index < -0.39 is 17.7 Å². The zero-order valence-electron chi connectivity index (χ0n) is 10.7. The van der Waals surface area contributed by atoms with Crippen molar-refractivity contribution in [2.24, 2.45) is 0 Å². The van der Waals surface area contributed by atoms with Crippen LogP contribution in [0.1, 0.15) is 36.5 Å². The van der Waals surface area contributed by atoms with E-state index in [0.717, 1.165) is 11.6 Å². The van der Waals surface area contributed by atoms with E-state index in [9.17, 15) is 13.9 Å². The van der Waals surface area contributed by atoms with E-state index in [2.05, 4.69) is 0 Å². The second-order valence-electron chi connectivity index (χ2n) is 4.57. The van der Waals surface area contributed by atoms with Crippen LogP contribution in [0, 0.1) is 11.6 Å². The van der Waals surface area contributed by atoms with Crippen molar-refractivity contribution in [2.75, 3.05) is 0 Å². The Kier molecular flexibility index (Phi) is 4.27. The molecule has 1 nitrogen and oxygen atoms in total. The fourth-order valence-electron chi connectivity index (χ4n) is 2.32. The van der Waals surface area contributed by atoms with Crippen molar-refractivity contribution >= 4 is 0 Å². The number of halogens is 2. The summed E-state index contributed by atoms with van der Waals surface area (Å²) in [4.78, 5) is 0. The third-order valence-corrected chi connectivity index (χ3v) is 3.28. The van der Waals surface area contributed by atoms with E-state index >= 15 is 0 Å². The summed E-state index contributed by atoms with van der Waals surface area (Å²) in [6, 6.07) is 12.6. The van der Waals surface area contributed by atoms with Gasteiger partial charge in [0.1, 0.15) is 11.6 Å². The summed E-state index contributed by atoms with van der Waals surface area (Å²) in [5.74, 6) is -1.52. The first-order valence-electron chi connectivity index (χ1n) is 6.30. The molecule has 3 heteroatoms. The molecule has 0 aliphatic rings. The molecule has 2 atom stereocenters. The van der Waals surface area contributed by atoms with E-state index in [4.69, 9.17) is 0 Å². The minimum absolute atomic E-state index is 0.178. The van der Waals surface area contributed by atoms with Crippen LogP contribution in [-0.2, 0) is 0 Å². The Morgan fingerprint density at radius 2 is 1.53 bits per heavy atom. The Morgan fingerprint density at radius 1 is 0.947 bits per heavy atom. The molecule has 0 aromatic heterocycles. The van der Waals surface area contributed by atoms with E-state index in [1.807, 2.05) is 37.3 Å². The summed E-state index contributed by atoms with van der Waals surface area (Å²) in [5.41, 5.74) is 1.23. The monoisotopic (exact) mass is 262 g/mol. The number of benzene rings is 2. The molecule has 0 heterocycles. The van der Waals surface area contributed by atoms with Crippen molar-refractivity contribution in [3.8, 4) is 0 Å². The Morgan fingerprint density at radius 3 is 2.05 bits per heavy atom. The van der Waals surface area contributed by atoms with Gasteiger partial charge in [0.05, 0.1) is 6.10 Å². The van der Waals surface area contributed by atoms with Gasteiger partial charge in [0.25, 0.3) is 0 Å². The first kappa shape index (κ1) is 13.7. The van der Waals surface area contributed by atoms with Crippen LogP contribution in [-0.4, -0.2) is 5.11 Å². The van der Waals surface area contributed by atoms with Gasteiger partial charge >= 0.3 is 0 Å². The lowest BCUT2D eigenvalue weighted by Crippen LogP contribution is -2.11. The lowest BCUT2D eigenvalue weighted by molar-refractivity contribution is 0.141. The van der Waals surface area contributed by atoms with Gasteiger partial charge in [0.2, 0.25) is 0 Å².